The molecule has 0 spiro atoms. The minimum atomic E-state index is -0.190. The van der Waals surface area contributed by atoms with Crippen molar-refractivity contribution < 1.29 is 13.8 Å². The van der Waals surface area contributed by atoms with Crippen LogP contribution >= 0.6 is 23.6 Å². The molecule has 0 radical (unpaired) electrons. The van der Waals surface area contributed by atoms with Gasteiger partial charge in [0, 0.05) is 27.1 Å². The number of hydrogen-bond acceptors (Lipinski definition) is 6. The molecule has 3 N–H and O–H groups in total. The van der Waals surface area contributed by atoms with Gasteiger partial charge in [0.25, 0.3) is 0 Å². The van der Waals surface area contributed by atoms with Crippen molar-refractivity contribution in [3.05, 3.63) is 59.1 Å². The summed E-state index contributed by atoms with van der Waals surface area (Å²) in [4.78, 5) is 17.5. The molecule has 0 saturated heterocycles. The predicted octanol–water partition coefficient (Wildman–Crippen LogP) is 3.98. The summed E-state index contributed by atoms with van der Waals surface area (Å²) in [5, 5.41) is 4.25. The Morgan fingerprint density at radius 1 is 1.27 bits per heavy atom. The van der Waals surface area contributed by atoms with Crippen molar-refractivity contribution in [1.29, 1.82) is 0 Å². The lowest BCUT2D eigenvalue weighted by Gasteiger charge is -2.11. The second-order valence-electron chi connectivity index (χ2n) is 5.39. The fourth-order valence-corrected chi connectivity index (χ4v) is 3.25. The highest BCUT2D eigenvalue weighted by molar-refractivity contribution is 7.94. The molecule has 0 aliphatic rings. The van der Waals surface area contributed by atoms with Crippen molar-refractivity contribution in [3.63, 3.8) is 0 Å². The molecule has 0 aliphatic heterocycles. The normalized spacial score (nSPS) is 10.7. The molecule has 0 bridgehead atoms. The molecular weight excluding hydrogens is 374 g/mol. The summed E-state index contributed by atoms with van der Waals surface area (Å²) in [5.74, 6) is 5.48. The molecule has 6 nitrogen and oxygen atoms in total. The topological polar surface area (TPSA) is 86.5 Å². The maximum atomic E-state index is 12.4. The number of nitrogens with zero attached hydrogens (tertiary/aromatic N) is 1. The Hall–Kier alpha value is -2.32. The average molecular weight is 390 g/mol. The SMILES string of the molecule is COc1ccc2c(SON)cc(NC(=O)Cc3ccccc3Cl)cc2n1. The number of ether oxygens (including phenoxy) is 1. The van der Waals surface area contributed by atoms with Crippen LogP contribution in [0.5, 0.6) is 5.88 Å². The number of nitrogens with one attached hydrogen (secondary N) is 1. The first-order valence-corrected chi connectivity index (χ1v) is 8.78. The summed E-state index contributed by atoms with van der Waals surface area (Å²) >= 11 is 7.10. The Morgan fingerprint density at radius 2 is 2.08 bits per heavy atom. The summed E-state index contributed by atoms with van der Waals surface area (Å²) in [6.07, 6.45) is 0.166. The van der Waals surface area contributed by atoms with Crippen molar-refractivity contribution in [2.75, 3.05) is 12.4 Å². The quantitative estimate of drug-likeness (QED) is 0.490. The van der Waals surface area contributed by atoms with Crippen LogP contribution in [0.3, 0.4) is 0 Å². The Morgan fingerprint density at radius 3 is 2.81 bits per heavy atom. The first-order chi connectivity index (χ1) is 12.6. The van der Waals surface area contributed by atoms with E-state index in [-0.39, 0.29) is 12.3 Å². The molecule has 1 heterocycles. The van der Waals surface area contributed by atoms with Gasteiger partial charge in [-0.25, -0.2) is 15.2 Å². The second-order valence-corrected chi connectivity index (χ2v) is 6.60. The number of pyridine rings is 1. The number of rotatable bonds is 6. The first kappa shape index (κ1) is 18.5. The third kappa shape index (κ3) is 4.25. The molecule has 26 heavy (non-hydrogen) atoms. The Kier molecular flexibility index (Phi) is 5.95. The fraction of sp³-hybridized carbons (Fsp3) is 0.111. The van der Waals surface area contributed by atoms with Crippen LogP contribution in [0.4, 0.5) is 5.69 Å². The molecule has 2 aromatic carbocycles. The molecule has 1 aromatic heterocycles. The van der Waals surface area contributed by atoms with Crippen LogP contribution in [0.25, 0.3) is 10.9 Å². The molecule has 0 saturated carbocycles. The minimum Gasteiger partial charge on any atom is -0.481 e. The van der Waals surface area contributed by atoms with Crippen molar-refractivity contribution in [3.8, 4) is 5.88 Å². The number of carbonyl (C=O) groups is 1. The van der Waals surface area contributed by atoms with Crippen molar-refractivity contribution in [2.45, 2.75) is 11.3 Å². The number of amides is 1. The van der Waals surface area contributed by atoms with E-state index in [1.54, 1.807) is 31.4 Å². The van der Waals surface area contributed by atoms with Crippen molar-refractivity contribution in [2.24, 2.45) is 5.90 Å². The van der Waals surface area contributed by atoms with E-state index in [9.17, 15) is 4.79 Å². The van der Waals surface area contributed by atoms with Gasteiger partial charge in [0.2, 0.25) is 11.8 Å². The zero-order valence-corrected chi connectivity index (χ0v) is 15.4. The van der Waals surface area contributed by atoms with E-state index in [1.165, 1.54) is 0 Å². The summed E-state index contributed by atoms with van der Waals surface area (Å²) in [6, 6.07) is 14.4. The maximum absolute atomic E-state index is 12.4. The maximum Gasteiger partial charge on any atom is 0.228 e. The molecular formula is C18H16ClN3O3S. The van der Waals surface area contributed by atoms with Gasteiger partial charge in [0.15, 0.2) is 0 Å². The van der Waals surface area contributed by atoms with E-state index >= 15 is 0 Å². The van der Waals surface area contributed by atoms with Gasteiger partial charge < -0.3 is 10.1 Å². The molecule has 3 aromatic rings. The number of anilines is 1. The van der Waals surface area contributed by atoms with E-state index in [1.807, 2.05) is 24.3 Å². The Labute approximate surface area is 159 Å². The van der Waals surface area contributed by atoms with Gasteiger partial charge in [-0.15, -0.1) is 0 Å². The third-order valence-corrected chi connectivity index (χ3v) is 4.67. The number of hydrogen-bond donors (Lipinski definition) is 2. The van der Waals surface area contributed by atoms with Crippen molar-refractivity contribution in [1.82, 2.24) is 4.98 Å². The van der Waals surface area contributed by atoms with E-state index in [0.29, 0.717) is 22.1 Å². The van der Waals surface area contributed by atoms with Gasteiger partial charge in [-0.3, -0.25) is 4.79 Å². The zero-order valence-electron chi connectivity index (χ0n) is 13.9. The number of fused-ring (bicyclic) bond motifs is 1. The lowest BCUT2D eigenvalue weighted by molar-refractivity contribution is -0.115. The zero-order chi connectivity index (χ0) is 18.5. The molecule has 0 unspecified atom stereocenters. The number of benzene rings is 2. The standard InChI is InChI=1S/C18H16ClN3O3S/c1-24-18-7-6-13-15(22-18)9-12(10-16(13)26-25-20)21-17(23)8-11-4-2-3-5-14(11)19/h2-7,9-10H,8,20H2,1H3,(H,21,23). The number of carbonyl (C=O) groups excluding carboxylic acids is 1. The fourth-order valence-electron chi connectivity index (χ4n) is 2.51. The molecule has 3 rings (SSSR count). The van der Waals surface area contributed by atoms with Crippen LogP contribution in [0.2, 0.25) is 5.02 Å². The molecule has 0 fully saturated rings. The molecule has 134 valence electrons. The second kappa shape index (κ2) is 8.37. The highest BCUT2D eigenvalue weighted by Gasteiger charge is 2.12. The lowest BCUT2D eigenvalue weighted by Crippen LogP contribution is -2.14. The summed E-state index contributed by atoms with van der Waals surface area (Å²) in [5.41, 5.74) is 1.99. The molecule has 8 heteroatoms. The summed E-state index contributed by atoms with van der Waals surface area (Å²) < 4.78 is 9.85. The van der Waals surface area contributed by atoms with Gasteiger partial charge in [-0.2, -0.15) is 0 Å². The van der Waals surface area contributed by atoms with Gasteiger partial charge in [0.05, 0.1) is 31.1 Å². The minimum absolute atomic E-state index is 0.166. The van der Waals surface area contributed by atoms with E-state index in [0.717, 1.165) is 27.9 Å². The van der Waals surface area contributed by atoms with E-state index < -0.39 is 0 Å². The highest BCUT2D eigenvalue weighted by Crippen LogP contribution is 2.32. The molecule has 0 atom stereocenters. The van der Waals surface area contributed by atoms with E-state index in [4.69, 9.17) is 26.5 Å². The summed E-state index contributed by atoms with van der Waals surface area (Å²) in [7, 11) is 1.54. The monoisotopic (exact) mass is 389 g/mol. The predicted molar refractivity (Wildman–Crippen MR) is 103 cm³/mol. The van der Waals surface area contributed by atoms with Crippen LogP contribution in [-0.4, -0.2) is 18.0 Å². The number of halogens is 1. The smallest absolute Gasteiger partial charge is 0.228 e. The number of methoxy groups -OCH3 is 1. The number of aromatic nitrogens is 1. The van der Waals surface area contributed by atoms with Crippen LogP contribution < -0.4 is 16.0 Å². The van der Waals surface area contributed by atoms with Crippen LogP contribution in [-0.2, 0) is 15.5 Å². The van der Waals surface area contributed by atoms with Gasteiger partial charge >= 0.3 is 0 Å². The molecule has 1 amide bonds. The Balaban J connectivity index is 1.89. The average Bonchev–Trinajstić information content (AvgIpc) is 2.63. The van der Waals surface area contributed by atoms with Crippen LogP contribution in [0.15, 0.2) is 53.4 Å². The first-order valence-electron chi connectivity index (χ1n) is 7.66. The van der Waals surface area contributed by atoms with Gasteiger partial charge in [-0.1, -0.05) is 29.8 Å². The van der Waals surface area contributed by atoms with E-state index in [2.05, 4.69) is 10.3 Å². The van der Waals surface area contributed by atoms with Crippen LogP contribution in [0, 0.1) is 0 Å². The largest absolute Gasteiger partial charge is 0.481 e. The summed E-state index contributed by atoms with van der Waals surface area (Å²) in [6.45, 7) is 0. The Bertz CT molecular complexity index is 952. The molecule has 0 aliphatic carbocycles. The third-order valence-electron chi connectivity index (χ3n) is 3.68. The lowest BCUT2D eigenvalue weighted by atomic mass is 10.1. The van der Waals surface area contributed by atoms with Crippen molar-refractivity contribution >= 4 is 46.1 Å². The number of nitrogens with two attached hydrogens (primary N) is 1. The van der Waals surface area contributed by atoms with Gasteiger partial charge in [0.1, 0.15) is 0 Å². The highest BCUT2D eigenvalue weighted by atomic mass is 35.5. The van der Waals surface area contributed by atoms with Gasteiger partial charge in [-0.05, 0) is 29.8 Å². The van der Waals surface area contributed by atoms with Crippen LogP contribution in [0.1, 0.15) is 5.56 Å².